The predicted octanol–water partition coefficient (Wildman–Crippen LogP) is 1.02. The van der Waals surface area contributed by atoms with Crippen molar-refractivity contribution < 1.29 is 23.9 Å². The van der Waals surface area contributed by atoms with Gasteiger partial charge in [0.05, 0.1) is 24.2 Å². The topological polar surface area (TPSA) is 87.2 Å². The molecular weight excluding hydrogens is 362 g/mol. The maximum atomic E-state index is 12.8. The fourth-order valence-electron chi connectivity index (χ4n) is 3.02. The molecule has 0 aromatic heterocycles. The van der Waals surface area contributed by atoms with Crippen molar-refractivity contribution in [3.63, 3.8) is 0 Å². The molecule has 0 saturated carbocycles. The normalized spacial score (nSPS) is 13.1. The average molecular weight is 389 g/mol. The van der Waals surface area contributed by atoms with Crippen LogP contribution in [0.5, 0.6) is 0 Å². The van der Waals surface area contributed by atoms with Gasteiger partial charge in [-0.05, 0) is 46.1 Å². The Morgan fingerprint density at radius 3 is 2.14 bits per heavy atom. The molecule has 8 nitrogen and oxygen atoms in total. The Balaban J connectivity index is 2.03. The van der Waals surface area contributed by atoms with E-state index in [1.807, 2.05) is 19.0 Å². The number of imide groups is 1. The molecule has 28 heavy (non-hydrogen) atoms. The highest BCUT2D eigenvalue weighted by molar-refractivity contribution is 6.22. The second kappa shape index (κ2) is 9.98. The second-order valence-electron chi connectivity index (χ2n) is 6.83. The molecule has 0 saturated heterocycles. The number of esters is 1. The third kappa shape index (κ3) is 5.39. The number of carbonyl (C=O) groups excluding carboxylic acids is 4. The number of nitrogens with zero attached hydrogens (tertiary/aromatic N) is 3. The average Bonchev–Trinajstić information content (AvgIpc) is 2.89. The lowest BCUT2D eigenvalue weighted by atomic mass is 10.1. The number of ether oxygens (including phenoxy) is 1. The monoisotopic (exact) mass is 389 g/mol. The van der Waals surface area contributed by atoms with Crippen molar-refractivity contribution in [3.05, 3.63) is 35.4 Å². The van der Waals surface area contributed by atoms with Crippen molar-refractivity contribution in [2.75, 3.05) is 46.9 Å². The summed E-state index contributed by atoms with van der Waals surface area (Å²) < 4.78 is 4.92. The molecule has 1 aromatic carbocycles. The third-order valence-electron chi connectivity index (χ3n) is 4.45. The molecule has 1 heterocycles. The molecular formula is C20H27N3O5. The van der Waals surface area contributed by atoms with Gasteiger partial charge < -0.3 is 14.5 Å². The van der Waals surface area contributed by atoms with Gasteiger partial charge in [-0.15, -0.1) is 0 Å². The highest BCUT2D eigenvalue weighted by atomic mass is 16.5. The van der Waals surface area contributed by atoms with E-state index in [0.717, 1.165) is 11.4 Å². The molecule has 1 aliphatic rings. The van der Waals surface area contributed by atoms with E-state index in [-0.39, 0.29) is 38.0 Å². The van der Waals surface area contributed by atoms with Crippen LogP contribution < -0.4 is 0 Å². The quantitative estimate of drug-likeness (QED) is 0.439. The summed E-state index contributed by atoms with van der Waals surface area (Å²) in [5.41, 5.74) is 0.622. The second-order valence-corrected chi connectivity index (χ2v) is 6.83. The third-order valence-corrected chi connectivity index (χ3v) is 4.45. The standard InChI is InChI=1S/C20H27N3O5/c1-4-28-18(25)10-13-22(12-7-11-21(2)3)17(24)14-23-19(26)15-8-5-6-9-16(15)20(23)27/h5-6,8-9H,4,7,10-14H2,1-3H3. The van der Waals surface area contributed by atoms with E-state index < -0.39 is 11.8 Å². The SMILES string of the molecule is CCOC(=O)CCN(CCCN(C)C)C(=O)CN1C(=O)c2ccccc2C1=O. The Hall–Kier alpha value is -2.74. The highest BCUT2D eigenvalue weighted by Crippen LogP contribution is 2.22. The van der Waals surface area contributed by atoms with Gasteiger partial charge in [0.15, 0.2) is 0 Å². The van der Waals surface area contributed by atoms with Crippen LogP contribution >= 0.6 is 0 Å². The summed E-state index contributed by atoms with van der Waals surface area (Å²) in [6.45, 7) is 3.06. The molecule has 152 valence electrons. The van der Waals surface area contributed by atoms with Gasteiger partial charge in [-0.1, -0.05) is 12.1 Å². The Morgan fingerprint density at radius 2 is 1.61 bits per heavy atom. The van der Waals surface area contributed by atoms with Crippen molar-refractivity contribution in [1.29, 1.82) is 0 Å². The minimum atomic E-state index is -0.465. The molecule has 3 amide bonds. The zero-order valence-corrected chi connectivity index (χ0v) is 16.6. The maximum absolute atomic E-state index is 12.8. The Morgan fingerprint density at radius 1 is 1.00 bits per heavy atom. The summed E-state index contributed by atoms with van der Waals surface area (Å²) in [6, 6.07) is 6.52. The van der Waals surface area contributed by atoms with Crippen LogP contribution in [0.3, 0.4) is 0 Å². The number of fused-ring (bicyclic) bond motifs is 1. The molecule has 1 aromatic rings. The fourth-order valence-corrected chi connectivity index (χ4v) is 3.02. The molecule has 8 heteroatoms. The first-order chi connectivity index (χ1) is 13.3. The molecule has 0 N–H and O–H groups in total. The summed E-state index contributed by atoms with van der Waals surface area (Å²) in [4.78, 5) is 53.9. The predicted molar refractivity (Wildman–Crippen MR) is 103 cm³/mol. The van der Waals surface area contributed by atoms with Crippen LogP contribution in [0.2, 0.25) is 0 Å². The van der Waals surface area contributed by atoms with Crippen molar-refractivity contribution >= 4 is 23.7 Å². The number of carbonyl (C=O) groups is 4. The van der Waals surface area contributed by atoms with Gasteiger partial charge >= 0.3 is 5.97 Å². The van der Waals surface area contributed by atoms with Crippen LogP contribution in [0.4, 0.5) is 0 Å². The summed E-state index contributed by atoms with van der Waals surface area (Å²) in [6.07, 6.45) is 0.785. The minimum Gasteiger partial charge on any atom is -0.466 e. The first kappa shape index (κ1) is 21.6. The van der Waals surface area contributed by atoms with E-state index in [1.54, 1.807) is 31.2 Å². The summed E-state index contributed by atoms with van der Waals surface area (Å²) >= 11 is 0. The van der Waals surface area contributed by atoms with Crippen LogP contribution in [0.25, 0.3) is 0 Å². The van der Waals surface area contributed by atoms with Gasteiger partial charge in [0.2, 0.25) is 5.91 Å². The van der Waals surface area contributed by atoms with Crippen molar-refractivity contribution in [1.82, 2.24) is 14.7 Å². The smallest absolute Gasteiger partial charge is 0.307 e. The largest absolute Gasteiger partial charge is 0.466 e. The lowest BCUT2D eigenvalue weighted by Crippen LogP contribution is -2.44. The van der Waals surface area contributed by atoms with Crippen molar-refractivity contribution in [3.8, 4) is 0 Å². The number of benzene rings is 1. The molecule has 0 unspecified atom stereocenters. The zero-order valence-electron chi connectivity index (χ0n) is 16.6. The van der Waals surface area contributed by atoms with Crippen LogP contribution in [0.15, 0.2) is 24.3 Å². The van der Waals surface area contributed by atoms with E-state index in [1.165, 1.54) is 4.90 Å². The fraction of sp³-hybridized carbons (Fsp3) is 0.500. The van der Waals surface area contributed by atoms with E-state index >= 15 is 0 Å². The number of rotatable bonds is 10. The molecule has 1 aliphatic heterocycles. The van der Waals surface area contributed by atoms with Crippen molar-refractivity contribution in [2.24, 2.45) is 0 Å². The summed E-state index contributed by atoms with van der Waals surface area (Å²) in [5.74, 6) is -1.67. The zero-order chi connectivity index (χ0) is 20.7. The van der Waals surface area contributed by atoms with Crippen molar-refractivity contribution in [2.45, 2.75) is 19.8 Å². The van der Waals surface area contributed by atoms with E-state index in [0.29, 0.717) is 24.1 Å². The molecule has 0 fully saturated rings. The summed E-state index contributed by atoms with van der Waals surface area (Å²) in [7, 11) is 3.87. The van der Waals surface area contributed by atoms with Gasteiger partial charge in [0.1, 0.15) is 6.54 Å². The lowest BCUT2D eigenvalue weighted by molar-refractivity contribution is -0.144. The maximum Gasteiger partial charge on any atom is 0.307 e. The van der Waals surface area contributed by atoms with Crippen LogP contribution in [-0.2, 0) is 14.3 Å². The number of amides is 3. The first-order valence-electron chi connectivity index (χ1n) is 9.38. The molecule has 0 spiro atoms. The number of hydrogen-bond acceptors (Lipinski definition) is 6. The first-order valence-corrected chi connectivity index (χ1v) is 9.38. The van der Waals surface area contributed by atoms with Gasteiger partial charge in [0.25, 0.3) is 11.8 Å². The minimum absolute atomic E-state index is 0.0731. The molecule has 0 bridgehead atoms. The van der Waals surface area contributed by atoms with Crippen LogP contribution in [0, 0.1) is 0 Å². The highest BCUT2D eigenvalue weighted by Gasteiger charge is 2.37. The van der Waals surface area contributed by atoms with Crippen LogP contribution in [0.1, 0.15) is 40.5 Å². The lowest BCUT2D eigenvalue weighted by Gasteiger charge is -2.25. The van der Waals surface area contributed by atoms with Gasteiger partial charge in [-0.2, -0.15) is 0 Å². The van der Waals surface area contributed by atoms with E-state index in [4.69, 9.17) is 4.74 Å². The van der Waals surface area contributed by atoms with Gasteiger partial charge in [-0.25, -0.2) is 0 Å². The van der Waals surface area contributed by atoms with Gasteiger partial charge in [0, 0.05) is 13.1 Å². The van der Waals surface area contributed by atoms with Gasteiger partial charge in [-0.3, -0.25) is 24.1 Å². The Bertz CT molecular complexity index is 712. The Kier molecular flexibility index (Phi) is 7.69. The molecule has 2 rings (SSSR count). The van der Waals surface area contributed by atoms with E-state index in [2.05, 4.69) is 0 Å². The Labute approximate surface area is 165 Å². The summed E-state index contributed by atoms with van der Waals surface area (Å²) in [5, 5.41) is 0. The molecule has 0 radical (unpaired) electrons. The van der Waals surface area contributed by atoms with Crippen LogP contribution in [-0.4, -0.2) is 85.3 Å². The number of hydrogen-bond donors (Lipinski definition) is 0. The molecule has 0 atom stereocenters. The van der Waals surface area contributed by atoms with E-state index in [9.17, 15) is 19.2 Å². The molecule has 0 aliphatic carbocycles.